The van der Waals surface area contributed by atoms with Crippen molar-refractivity contribution in [3.63, 3.8) is 0 Å². The molecule has 0 bridgehead atoms. The number of thioether (sulfide) groups is 1. The van der Waals surface area contributed by atoms with Crippen molar-refractivity contribution in [2.45, 2.75) is 19.0 Å². The van der Waals surface area contributed by atoms with Crippen LogP contribution in [-0.4, -0.2) is 30.0 Å². The highest BCUT2D eigenvalue weighted by atomic mass is 35.5. The van der Waals surface area contributed by atoms with Crippen LogP contribution in [0.2, 0.25) is 5.02 Å². The summed E-state index contributed by atoms with van der Waals surface area (Å²) in [7, 11) is 0. The Labute approximate surface area is 117 Å². The summed E-state index contributed by atoms with van der Waals surface area (Å²) < 4.78 is 0. The summed E-state index contributed by atoms with van der Waals surface area (Å²) in [5.74, 6) is 2.00. The maximum Gasteiger partial charge on any atom is 0.238 e. The predicted molar refractivity (Wildman–Crippen MR) is 77.1 cm³/mol. The number of halogens is 1. The zero-order chi connectivity index (χ0) is 13.0. The van der Waals surface area contributed by atoms with Crippen molar-refractivity contribution in [3.8, 4) is 0 Å². The first-order valence-electron chi connectivity index (χ1n) is 6.04. The van der Waals surface area contributed by atoms with Gasteiger partial charge in [0.05, 0.1) is 12.1 Å². The molecule has 5 heteroatoms. The molecule has 1 amide bonds. The molecule has 0 radical (unpaired) electrons. The van der Waals surface area contributed by atoms with E-state index < -0.39 is 0 Å². The maximum absolute atomic E-state index is 12.0. The van der Waals surface area contributed by atoms with Gasteiger partial charge in [0.25, 0.3) is 0 Å². The number of carbonyl (C=O) groups excluding carboxylic acids is 1. The van der Waals surface area contributed by atoms with Gasteiger partial charge in [0.1, 0.15) is 0 Å². The van der Waals surface area contributed by atoms with E-state index in [-0.39, 0.29) is 18.0 Å². The molecular formula is C13H17ClN2OS. The molecule has 1 saturated heterocycles. The van der Waals surface area contributed by atoms with Crippen LogP contribution in [0.15, 0.2) is 24.3 Å². The minimum atomic E-state index is -0.0708. The van der Waals surface area contributed by atoms with Crippen LogP contribution in [0.3, 0.4) is 0 Å². The molecule has 0 spiro atoms. The van der Waals surface area contributed by atoms with Gasteiger partial charge in [-0.2, -0.15) is 11.8 Å². The molecular weight excluding hydrogens is 268 g/mol. The lowest BCUT2D eigenvalue weighted by Crippen LogP contribution is -2.49. The Hall–Kier alpha value is -0.710. The molecule has 98 valence electrons. The molecule has 3 nitrogen and oxygen atoms in total. The van der Waals surface area contributed by atoms with Crippen molar-refractivity contribution in [2.75, 3.05) is 18.1 Å². The largest absolute Gasteiger partial charge is 0.348 e. The van der Waals surface area contributed by atoms with Crippen molar-refractivity contribution in [1.29, 1.82) is 0 Å². The van der Waals surface area contributed by atoms with Gasteiger partial charge in [-0.1, -0.05) is 23.7 Å². The molecule has 1 aromatic carbocycles. The summed E-state index contributed by atoms with van der Waals surface area (Å²) in [6, 6.07) is 7.50. The lowest BCUT2D eigenvalue weighted by molar-refractivity contribution is -0.123. The molecule has 2 rings (SSSR count). The lowest BCUT2D eigenvalue weighted by Gasteiger charge is -2.24. The Bertz CT molecular complexity index is 404. The topological polar surface area (TPSA) is 41.1 Å². The first-order valence-corrected chi connectivity index (χ1v) is 7.57. The zero-order valence-corrected chi connectivity index (χ0v) is 11.9. The lowest BCUT2D eigenvalue weighted by atomic mass is 10.1. The van der Waals surface area contributed by atoms with Crippen LogP contribution in [0.1, 0.15) is 18.5 Å². The first kappa shape index (κ1) is 13.7. The fourth-order valence-corrected chi connectivity index (χ4v) is 2.94. The summed E-state index contributed by atoms with van der Waals surface area (Å²) in [6.07, 6.45) is 0. The quantitative estimate of drug-likeness (QED) is 0.894. The van der Waals surface area contributed by atoms with Crippen molar-refractivity contribution >= 4 is 29.3 Å². The Balaban J connectivity index is 1.91. The van der Waals surface area contributed by atoms with Gasteiger partial charge in [-0.05, 0) is 24.6 Å². The zero-order valence-electron chi connectivity index (χ0n) is 10.3. The van der Waals surface area contributed by atoms with Crippen molar-refractivity contribution in [3.05, 3.63) is 34.9 Å². The average Bonchev–Trinajstić information content (AvgIpc) is 2.40. The van der Waals surface area contributed by atoms with E-state index in [1.807, 2.05) is 43.0 Å². The van der Waals surface area contributed by atoms with E-state index in [1.165, 1.54) is 0 Å². The average molecular weight is 285 g/mol. The van der Waals surface area contributed by atoms with Gasteiger partial charge in [0.2, 0.25) is 5.91 Å². The Morgan fingerprint density at radius 3 is 2.83 bits per heavy atom. The highest BCUT2D eigenvalue weighted by Crippen LogP contribution is 2.16. The molecule has 18 heavy (non-hydrogen) atoms. The van der Waals surface area contributed by atoms with Crippen molar-refractivity contribution in [2.24, 2.45) is 0 Å². The SMILES string of the molecule is CC(NC(=O)C1CSCCN1)c1ccc(Cl)cc1. The third kappa shape index (κ3) is 3.64. The summed E-state index contributed by atoms with van der Waals surface area (Å²) in [4.78, 5) is 12.0. The molecule has 1 heterocycles. The predicted octanol–water partition coefficient (Wildman–Crippen LogP) is 2.22. The summed E-state index contributed by atoms with van der Waals surface area (Å²) in [6.45, 7) is 2.88. The number of carbonyl (C=O) groups is 1. The number of hydrogen-bond acceptors (Lipinski definition) is 3. The number of rotatable bonds is 3. The maximum atomic E-state index is 12.0. The molecule has 0 aromatic heterocycles. The van der Waals surface area contributed by atoms with E-state index in [0.29, 0.717) is 5.02 Å². The highest BCUT2D eigenvalue weighted by molar-refractivity contribution is 7.99. The van der Waals surface area contributed by atoms with Crippen LogP contribution in [-0.2, 0) is 4.79 Å². The summed E-state index contributed by atoms with van der Waals surface area (Å²) in [5.41, 5.74) is 1.07. The molecule has 0 saturated carbocycles. The van der Waals surface area contributed by atoms with E-state index in [9.17, 15) is 4.79 Å². The van der Waals surface area contributed by atoms with E-state index in [4.69, 9.17) is 11.6 Å². The Morgan fingerprint density at radius 2 is 2.22 bits per heavy atom. The second-order valence-corrected chi connectivity index (χ2v) is 5.95. The second-order valence-electron chi connectivity index (χ2n) is 4.36. The molecule has 1 aliphatic heterocycles. The Kier molecular flexibility index (Phi) is 4.92. The van der Waals surface area contributed by atoms with E-state index >= 15 is 0 Å². The number of nitrogens with one attached hydrogen (secondary N) is 2. The van der Waals surface area contributed by atoms with E-state index in [0.717, 1.165) is 23.6 Å². The van der Waals surface area contributed by atoms with Crippen LogP contribution in [0, 0.1) is 0 Å². The molecule has 1 aliphatic rings. The van der Waals surface area contributed by atoms with Crippen molar-refractivity contribution in [1.82, 2.24) is 10.6 Å². The summed E-state index contributed by atoms with van der Waals surface area (Å²) in [5, 5.41) is 6.97. The van der Waals surface area contributed by atoms with E-state index in [1.54, 1.807) is 0 Å². The fraction of sp³-hybridized carbons (Fsp3) is 0.462. The van der Waals surface area contributed by atoms with Gasteiger partial charge in [-0.15, -0.1) is 0 Å². The standard InChI is InChI=1S/C13H17ClN2OS/c1-9(10-2-4-11(14)5-3-10)16-13(17)12-8-18-7-6-15-12/h2-5,9,12,15H,6-8H2,1H3,(H,16,17). The minimum Gasteiger partial charge on any atom is -0.348 e. The molecule has 2 unspecified atom stereocenters. The molecule has 1 fully saturated rings. The normalized spacial score (nSPS) is 21.3. The monoisotopic (exact) mass is 284 g/mol. The number of hydrogen-bond donors (Lipinski definition) is 2. The van der Waals surface area contributed by atoms with E-state index in [2.05, 4.69) is 10.6 Å². The van der Waals surface area contributed by atoms with Gasteiger partial charge in [0.15, 0.2) is 0 Å². The smallest absolute Gasteiger partial charge is 0.238 e. The fourth-order valence-electron chi connectivity index (χ4n) is 1.88. The van der Waals surface area contributed by atoms with Gasteiger partial charge >= 0.3 is 0 Å². The van der Waals surface area contributed by atoms with Gasteiger partial charge < -0.3 is 10.6 Å². The van der Waals surface area contributed by atoms with Crippen LogP contribution >= 0.6 is 23.4 Å². The molecule has 2 N–H and O–H groups in total. The van der Waals surface area contributed by atoms with Gasteiger partial charge in [-0.25, -0.2) is 0 Å². The third-order valence-corrected chi connectivity index (χ3v) is 4.28. The Morgan fingerprint density at radius 1 is 1.50 bits per heavy atom. The third-order valence-electron chi connectivity index (χ3n) is 2.97. The highest BCUT2D eigenvalue weighted by Gasteiger charge is 2.22. The number of benzene rings is 1. The molecule has 2 atom stereocenters. The molecule has 1 aromatic rings. The molecule has 0 aliphatic carbocycles. The van der Waals surface area contributed by atoms with Crippen LogP contribution < -0.4 is 10.6 Å². The van der Waals surface area contributed by atoms with Crippen LogP contribution in [0.4, 0.5) is 0 Å². The minimum absolute atomic E-state index is 0.00323. The van der Waals surface area contributed by atoms with Crippen LogP contribution in [0.25, 0.3) is 0 Å². The van der Waals surface area contributed by atoms with Gasteiger partial charge in [-0.3, -0.25) is 4.79 Å². The second kappa shape index (κ2) is 6.45. The van der Waals surface area contributed by atoms with Crippen molar-refractivity contribution < 1.29 is 4.79 Å². The summed E-state index contributed by atoms with van der Waals surface area (Å²) >= 11 is 7.66. The first-order chi connectivity index (χ1) is 8.66. The van der Waals surface area contributed by atoms with Crippen LogP contribution in [0.5, 0.6) is 0 Å². The van der Waals surface area contributed by atoms with Gasteiger partial charge in [0, 0.05) is 23.1 Å². The number of amides is 1.